The molecule has 0 saturated carbocycles. The highest BCUT2D eigenvalue weighted by molar-refractivity contribution is 7.91. The molecule has 1 aromatic heterocycles. The fourth-order valence-electron chi connectivity index (χ4n) is 3.18. The van der Waals surface area contributed by atoms with Crippen molar-refractivity contribution in [3.8, 4) is 11.5 Å². The number of hydrogen-bond donors (Lipinski definition) is 1. The molecule has 0 spiro atoms. The zero-order valence-electron chi connectivity index (χ0n) is 16.8. The lowest BCUT2D eigenvalue weighted by molar-refractivity contribution is 0.102. The van der Waals surface area contributed by atoms with Gasteiger partial charge in [-0.05, 0) is 67.1 Å². The Morgan fingerprint density at radius 1 is 1.10 bits per heavy atom. The number of aromatic nitrogens is 1. The molecule has 158 valence electrons. The summed E-state index contributed by atoms with van der Waals surface area (Å²) in [5.41, 5.74) is 3.18. The third-order valence-corrected chi connectivity index (χ3v) is 6.75. The number of oxazole rings is 1. The smallest absolute Gasteiger partial charge is 0.255 e. The molecule has 4 aromatic rings. The van der Waals surface area contributed by atoms with Crippen LogP contribution in [0.3, 0.4) is 0 Å². The van der Waals surface area contributed by atoms with Crippen LogP contribution in [0.4, 0.5) is 10.1 Å². The zero-order chi connectivity index (χ0) is 22.2. The van der Waals surface area contributed by atoms with Gasteiger partial charge in [-0.1, -0.05) is 13.0 Å². The SMILES string of the molecule is CCS(=O)(=O)c1ccc2oc(-c3cccc(NC(=O)c4ccc(F)cc4)c3C)nc2c1. The van der Waals surface area contributed by atoms with Crippen LogP contribution >= 0.6 is 0 Å². The van der Waals surface area contributed by atoms with E-state index in [2.05, 4.69) is 10.3 Å². The van der Waals surface area contributed by atoms with Gasteiger partial charge in [0.25, 0.3) is 5.91 Å². The van der Waals surface area contributed by atoms with Gasteiger partial charge < -0.3 is 9.73 Å². The molecule has 0 aliphatic rings. The molecular weight excluding hydrogens is 419 g/mol. The van der Waals surface area contributed by atoms with Crippen molar-refractivity contribution in [2.24, 2.45) is 0 Å². The molecule has 0 fully saturated rings. The molecule has 4 rings (SSSR count). The Balaban J connectivity index is 1.68. The largest absolute Gasteiger partial charge is 0.436 e. The molecule has 6 nitrogen and oxygen atoms in total. The minimum Gasteiger partial charge on any atom is -0.436 e. The van der Waals surface area contributed by atoms with Crippen LogP contribution in [0, 0.1) is 12.7 Å². The molecule has 1 N–H and O–H groups in total. The molecule has 31 heavy (non-hydrogen) atoms. The maximum Gasteiger partial charge on any atom is 0.255 e. The van der Waals surface area contributed by atoms with Gasteiger partial charge in [0.1, 0.15) is 11.3 Å². The molecular formula is C23H19FN2O4S. The van der Waals surface area contributed by atoms with Gasteiger partial charge in [-0.25, -0.2) is 17.8 Å². The molecule has 0 aliphatic carbocycles. The van der Waals surface area contributed by atoms with Crippen molar-refractivity contribution in [1.82, 2.24) is 4.98 Å². The van der Waals surface area contributed by atoms with Crippen LogP contribution in [0.5, 0.6) is 0 Å². The van der Waals surface area contributed by atoms with Gasteiger partial charge in [0, 0.05) is 16.8 Å². The third-order valence-electron chi connectivity index (χ3n) is 5.02. The van der Waals surface area contributed by atoms with Crippen molar-refractivity contribution >= 4 is 32.5 Å². The first-order valence-corrected chi connectivity index (χ1v) is 11.2. The summed E-state index contributed by atoms with van der Waals surface area (Å²) in [6.07, 6.45) is 0. The summed E-state index contributed by atoms with van der Waals surface area (Å²) in [4.78, 5) is 17.1. The fraction of sp³-hybridized carbons (Fsp3) is 0.130. The number of nitrogens with one attached hydrogen (secondary N) is 1. The van der Waals surface area contributed by atoms with E-state index in [-0.39, 0.29) is 16.6 Å². The van der Waals surface area contributed by atoms with E-state index in [0.717, 1.165) is 5.56 Å². The summed E-state index contributed by atoms with van der Waals surface area (Å²) in [5.74, 6) is -0.470. The number of nitrogens with zero attached hydrogens (tertiary/aromatic N) is 1. The first kappa shape index (κ1) is 20.7. The van der Waals surface area contributed by atoms with Gasteiger partial charge in [0.2, 0.25) is 5.89 Å². The lowest BCUT2D eigenvalue weighted by atomic mass is 10.1. The Hall–Kier alpha value is -3.52. The van der Waals surface area contributed by atoms with E-state index in [0.29, 0.717) is 33.8 Å². The second-order valence-corrected chi connectivity index (χ2v) is 9.27. The maximum atomic E-state index is 13.1. The van der Waals surface area contributed by atoms with Crippen molar-refractivity contribution in [1.29, 1.82) is 0 Å². The Labute approximate surface area is 178 Å². The van der Waals surface area contributed by atoms with Gasteiger partial charge in [-0.2, -0.15) is 0 Å². The monoisotopic (exact) mass is 438 g/mol. The van der Waals surface area contributed by atoms with Crippen LogP contribution in [0.15, 0.2) is 70.0 Å². The number of carbonyl (C=O) groups is 1. The zero-order valence-corrected chi connectivity index (χ0v) is 17.7. The van der Waals surface area contributed by atoms with E-state index in [1.807, 2.05) is 6.92 Å². The molecule has 8 heteroatoms. The highest BCUT2D eigenvalue weighted by Crippen LogP contribution is 2.31. The summed E-state index contributed by atoms with van der Waals surface area (Å²) in [6.45, 7) is 3.40. The number of fused-ring (bicyclic) bond motifs is 1. The number of amides is 1. The van der Waals surface area contributed by atoms with E-state index in [4.69, 9.17) is 4.42 Å². The first-order chi connectivity index (χ1) is 14.8. The number of halogens is 1. The molecule has 0 bridgehead atoms. The Kier molecular flexibility index (Phi) is 5.32. The second-order valence-electron chi connectivity index (χ2n) is 6.99. The molecule has 1 heterocycles. The summed E-state index contributed by atoms with van der Waals surface area (Å²) >= 11 is 0. The minimum atomic E-state index is -3.36. The summed E-state index contributed by atoms with van der Waals surface area (Å²) in [7, 11) is -3.36. The van der Waals surface area contributed by atoms with E-state index >= 15 is 0 Å². The fourth-order valence-corrected chi connectivity index (χ4v) is 4.08. The number of sulfone groups is 1. The van der Waals surface area contributed by atoms with Crippen molar-refractivity contribution in [2.75, 3.05) is 11.1 Å². The van der Waals surface area contributed by atoms with E-state index in [9.17, 15) is 17.6 Å². The highest BCUT2D eigenvalue weighted by atomic mass is 32.2. The standard InChI is InChI=1S/C23H19FN2O4S/c1-3-31(28,29)17-11-12-21-20(13-17)26-23(30-21)18-5-4-6-19(14(18)2)25-22(27)15-7-9-16(24)10-8-15/h4-13H,3H2,1-2H3,(H,25,27). The van der Waals surface area contributed by atoms with E-state index in [1.165, 1.54) is 36.4 Å². The third kappa shape index (κ3) is 4.06. The number of anilines is 1. The van der Waals surface area contributed by atoms with Gasteiger partial charge in [-0.3, -0.25) is 4.79 Å². The number of benzene rings is 3. The lowest BCUT2D eigenvalue weighted by Crippen LogP contribution is -2.13. The van der Waals surface area contributed by atoms with Crippen LogP contribution in [0.2, 0.25) is 0 Å². The molecule has 0 unspecified atom stereocenters. The predicted octanol–water partition coefficient (Wildman–Crippen LogP) is 4.99. The molecule has 3 aromatic carbocycles. The minimum absolute atomic E-state index is 0.00186. The molecule has 0 saturated heterocycles. The van der Waals surface area contributed by atoms with Crippen molar-refractivity contribution in [3.63, 3.8) is 0 Å². The normalized spacial score (nSPS) is 11.6. The number of hydrogen-bond acceptors (Lipinski definition) is 5. The average Bonchev–Trinajstić information content (AvgIpc) is 3.18. The highest BCUT2D eigenvalue weighted by Gasteiger charge is 2.17. The van der Waals surface area contributed by atoms with Gasteiger partial charge >= 0.3 is 0 Å². The molecule has 1 amide bonds. The van der Waals surface area contributed by atoms with Crippen LogP contribution in [0.25, 0.3) is 22.6 Å². The average molecular weight is 438 g/mol. The van der Waals surface area contributed by atoms with Gasteiger partial charge in [0.05, 0.1) is 10.6 Å². The van der Waals surface area contributed by atoms with Crippen molar-refractivity contribution < 1.29 is 22.0 Å². The Bertz CT molecular complexity index is 1390. The van der Waals surface area contributed by atoms with Crippen LogP contribution in [0.1, 0.15) is 22.8 Å². The lowest BCUT2D eigenvalue weighted by Gasteiger charge is -2.11. The Morgan fingerprint density at radius 2 is 1.84 bits per heavy atom. The summed E-state index contributed by atoms with van der Waals surface area (Å²) < 4.78 is 43.2. The number of rotatable bonds is 5. The van der Waals surface area contributed by atoms with E-state index in [1.54, 1.807) is 31.2 Å². The molecule has 0 radical (unpaired) electrons. The first-order valence-electron chi connectivity index (χ1n) is 9.59. The van der Waals surface area contributed by atoms with Crippen LogP contribution in [-0.4, -0.2) is 25.1 Å². The Morgan fingerprint density at radius 3 is 2.55 bits per heavy atom. The molecule has 0 atom stereocenters. The van der Waals surface area contributed by atoms with Crippen molar-refractivity contribution in [3.05, 3.63) is 77.6 Å². The second kappa shape index (κ2) is 7.96. The van der Waals surface area contributed by atoms with Crippen LogP contribution in [-0.2, 0) is 9.84 Å². The maximum absolute atomic E-state index is 13.1. The quantitative estimate of drug-likeness (QED) is 0.474. The molecule has 0 aliphatic heterocycles. The number of carbonyl (C=O) groups excluding carboxylic acids is 1. The van der Waals surface area contributed by atoms with Gasteiger partial charge in [-0.15, -0.1) is 0 Å². The summed E-state index contributed by atoms with van der Waals surface area (Å²) in [6, 6.07) is 15.2. The van der Waals surface area contributed by atoms with Crippen LogP contribution < -0.4 is 5.32 Å². The van der Waals surface area contributed by atoms with E-state index < -0.39 is 15.7 Å². The topological polar surface area (TPSA) is 89.3 Å². The summed E-state index contributed by atoms with van der Waals surface area (Å²) in [5, 5.41) is 2.82. The van der Waals surface area contributed by atoms with Gasteiger partial charge in [0.15, 0.2) is 15.4 Å². The predicted molar refractivity (Wildman–Crippen MR) is 116 cm³/mol. The van der Waals surface area contributed by atoms with Crippen molar-refractivity contribution in [2.45, 2.75) is 18.7 Å².